The third-order valence-electron chi connectivity index (χ3n) is 4.46. The first-order valence-corrected chi connectivity index (χ1v) is 7.66. The van der Waals surface area contributed by atoms with E-state index in [0.717, 1.165) is 31.9 Å². The average Bonchev–Trinajstić information content (AvgIpc) is 2.93. The zero-order valence-corrected chi connectivity index (χ0v) is 12.8. The second kappa shape index (κ2) is 6.46. The summed E-state index contributed by atoms with van der Waals surface area (Å²) in [5.74, 6) is 1.57. The van der Waals surface area contributed by atoms with Gasteiger partial charge in [-0.15, -0.1) is 0 Å². The van der Waals surface area contributed by atoms with Gasteiger partial charge in [-0.3, -0.25) is 0 Å². The fourth-order valence-corrected chi connectivity index (χ4v) is 3.12. The van der Waals surface area contributed by atoms with Gasteiger partial charge in [0, 0.05) is 25.3 Å². The number of hydrogen-bond donors (Lipinski definition) is 1. The number of ether oxygens (including phenoxy) is 2. The Morgan fingerprint density at radius 3 is 2.86 bits per heavy atom. The molecule has 0 saturated carbocycles. The molecule has 1 fully saturated rings. The molecule has 1 aliphatic rings. The normalized spacial score (nSPS) is 21.8. The van der Waals surface area contributed by atoms with E-state index < -0.39 is 0 Å². The van der Waals surface area contributed by atoms with E-state index in [4.69, 9.17) is 9.47 Å². The van der Waals surface area contributed by atoms with E-state index in [-0.39, 0.29) is 0 Å². The Kier molecular flexibility index (Phi) is 4.42. The summed E-state index contributed by atoms with van der Waals surface area (Å²) in [6.07, 6.45) is 1.52. The van der Waals surface area contributed by atoms with Gasteiger partial charge in [-0.05, 0) is 36.1 Å². The predicted octanol–water partition coefficient (Wildman–Crippen LogP) is 3.36. The molecule has 3 rings (SSSR count). The summed E-state index contributed by atoms with van der Waals surface area (Å²) in [4.78, 5) is 0. The van der Waals surface area contributed by atoms with Crippen LogP contribution in [0.3, 0.4) is 0 Å². The first-order chi connectivity index (χ1) is 10.3. The van der Waals surface area contributed by atoms with E-state index in [2.05, 4.69) is 48.6 Å². The van der Waals surface area contributed by atoms with Crippen molar-refractivity contribution >= 4 is 10.8 Å². The van der Waals surface area contributed by atoms with Crippen LogP contribution in [0.2, 0.25) is 0 Å². The molecule has 2 unspecified atom stereocenters. The van der Waals surface area contributed by atoms with Crippen LogP contribution in [0.1, 0.15) is 18.9 Å². The molecule has 0 radical (unpaired) electrons. The predicted molar refractivity (Wildman–Crippen MR) is 85.7 cm³/mol. The molecule has 0 spiro atoms. The van der Waals surface area contributed by atoms with Crippen molar-refractivity contribution in [3.05, 3.63) is 42.0 Å². The largest absolute Gasteiger partial charge is 0.496 e. The van der Waals surface area contributed by atoms with Crippen LogP contribution in [0.15, 0.2) is 36.4 Å². The van der Waals surface area contributed by atoms with Crippen molar-refractivity contribution in [3.63, 3.8) is 0 Å². The molecule has 1 N–H and O–H groups in total. The maximum Gasteiger partial charge on any atom is 0.123 e. The first kappa shape index (κ1) is 14.4. The Bertz CT molecular complexity index is 611. The molecule has 2 aromatic carbocycles. The molecule has 2 atom stereocenters. The van der Waals surface area contributed by atoms with E-state index in [9.17, 15) is 0 Å². The van der Waals surface area contributed by atoms with Crippen LogP contribution in [0, 0.1) is 5.92 Å². The molecule has 112 valence electrons. The molecule has 3 heteroatoms. The van der Waals surface area contributed by atoms with Crippen molar-refractivity contribution in [2.24, 2.45) is 5.92 Å². The third-order valence-corrected chi connectivity index (χ3v) is 4.46. The van der Waals surface area contributed by atoms with Gasteiger partial charge in [-0.25, -0.2) is 0 Å². The maximum atomic E-state index is 5.62. The lowest BCUT2D eigenvalue weighted by Crippen LogP contribution is -2.26. The molecular weight excluding hydrogens is 262 g/mol. The molecule has 0 bridgehead atoms. The second-order valence-corrected chi connectivity index (χ2v) is 5.72. The minimum atomic E-state index is 0.368. The van der Waals surface area contributed by atoms with Crippen molar-refractivity contribution in [1.29, 1.82) is 0 Å². The highest BCUT2D eigenvalue weighted by molar-refractivity contribution is 5.87. The first-order valence-electron chi connectivity index (χ1n) is 7.66. The van der Waals surface area contributed by atoms with Gasteiger partial charge in [0.05, 0.1) is 13.2 Å². The number of fused-ring (bicyclic) bond motifs is 1. The maximum absolute atomic E-state index is 5.62. The van der Waals surface area contributed by atoms with Crippen LogP contribution in [0.4, 0.5) is 0 Å². The summed E-state index contributed by atoms with van der Waals surface area (Å²) < 4.78 is 11.2. The number of nitrogens with one attached hydrogen (secondary N) is 1. The molecule has 2 aromatic rings. The molecule has 21 heavy (non-hydrogen) atoms. The summed E-state index contributed by atoms with van der Waals surface area (Å²) in [6.45, 7) is 4.88. The van der Waals surface area contributed by atoms with Gasteiger partial charge in [0.15, 0.2) is 0 Å². The van der Waals surface area contributed by atoms with Crippen LogP contribution in [0.25, 0.3) is 10.8 Å². The molecule has 3 nitrogen and oxygen atoms in total. The van der Waals surface area contributed by atoms with E-state index >= 15 is 0 Å². The zero-order valence-electron chi connectivity index (χ0n) is 12.8. The van der Waals surface area contributed by atoms with Crippen molar-refractivity contribution in [3.8, 4) is 5.75 Å². The van der Waals surface area contributed by atoms with Gasteiger partial charge in [0.2, 0.25) is 0 Å². The SMILES string of the molecule is COc1ccc2ccccc2c1CNCC1CCOC1C. The molecule has 1 saturated heterocycles. The van der Waals surface area contributed by atoms with Crippen LogP contribution in [0.5, 0.6) is 5.75 Å². The van der Waals surface area contributed by atoms with E-state index in [1.165, 1.54) is 16.3 Å². The third kappa shape index (κ3) is 3.04. The number of rotatable bonds is 5. The number of benzene rings is 2. The van der Waals surface area contributed by atoms with Crippen molar-refractivity contribution in [1.82, 2.24) is 5.32 Å². The Morgan fingerprint density at radius 2 is 2.10 bits per heavy atom. The zero-order chi connectivity index (χ0) is 14.7. The minimum absolute atomic E-state index is 0.368. The van der Waals surface area contributed by atoms with Gasteiger partial charge in [0.25, 0.3) is 0 Å². The lowest BCUT2D eigenvalue weighted by atomic mass is 10.0. The van der Waals surface area contributed by atoms with Crippen LogP contribution >= 0.6 is 0 Å². The Labute approximate surface area is 126 Å². The Morgan fingerprint density at radius 1 is 1.24 bits per heavy atom. The fraction of sp³-hybridized carbons (Fsp3) is 0.444. The smallest absolute Gasteiger partial charge is 0.123 e. The highest BCUT2D eigenvalue weighted by Crippen LogP contribution is 2.28. The minimum Gasteiger partial charge on any atom is -0.496 e. The van der Waals surface area contributed by atoms with Gasteiger partial charge in [-0.1, -0.05) is 30.3 Å². The standard InChI is InChI=1S/C18H23NO2/c1-13-15(9-10-21-13)11-19-12-17-16-6-4-3-5-14(16)7-8-18(17)20-2/h3-8,13,15,19H,9-12H2,1-2H3. The second-order valence-electron chi connectivity index (χ2n) is 5.72. The lowest BCUT2D eigenvalue weighted by molar-refractivity contribution is 0.105. The van der Waals surface area contributed by atoms with E-state index in [0.29, 0.717) is 12.0 Å². The van der Waals surface area contributed by atoms with Gasteiger partial charge in [0.1, 0.15) is 5.75 Å². The summed E-state index contributed by atoms with van der Waals surface area (Å²) >= 11 is 0. The van der Waals surface area contributed by atoms with Crippen LogP contribution < -0.4 is 10.1 Å². The highest BCUT2D eigenvalue weighted by atomic mass is 16.5. The van der Waals surface area contributed by atoms with Gasteiger partial charge < -0.3 is 14.8 Å². The summed E-state index contributed by atoms with van der Waals surface area (Å²) in [5.41, 5.74) is 1.24. The van der Waals surface area contributed by atoms with Crippen molar-refractivity contribution < 1.29 is 9.47 Å². The highest BCUT2D eigenvalue weighted by Gasteiger charge is 2.23. The molecular formula is C18H23NO2. The van der Waals surface area contributed by atoms with Gasteiger partial charge in [-0.2, -0.15) is 0 Å². The monoisotopic (exact) mass is 285 g/mol. The summed E-state index contributed by atoms with van der Waals surface area (Å²) in [5, 5.41) is 6.10. The van der Waals surface area contributed by atoms with E-state index in [1.54, 1.807) is 7.11 Å². The summed E-state index contributed by atoms with van der Waals surface area (Å²) in [7, 11) is 1.74. The topological polar surface area (TPSA) is 30.5 Å². The molecule has 1 aliphatic heterocycles. The van der Waals surface area contributed by atoms with E-state index in [1.807, 2.05) is 0 Å². The Balaban J connectivity index is 1.75. The quantitative estimate of drug-likeness (QED) is 0.913. The molecule has 1 heterocycles. The number of hydrogen-bond acceptors (Lipinski definition) is 3. The molecule has 0 amide bonds. The van der Waals surface area contributed by atoms with Crippen LogP contribution in [-0.4, -0.2) is 26.4 Å². The number of methoxy groups -OCH3 is 1. The van der Waals surface area contributed by atoms with Gasteiger partial charge >= 0.3 is 0 Å². The lowest BCUT2D eigenvalue weighted by Gasteiger charge is -2.17. The molecule has 0 aromatic heterocycles. The van der Waals surface area contributed by atoms with Crippen molar-refractivity contribution in [2.45, 2.75) is 26.0 Å². The fourth-order valence-electron chi connectivity index (χ4n) is 3.12. The average molecular weight is 285 g/mol. The van der Waals surface area contributed by atoms with Crippen LogP contribution in [-0.2, 0) is 11.3 Å². The van der Waals surface area contributed by atoms with Crippen molar-refractivity contribution in [2.75, 3.05) is 20.3 Å². The molecule has 0 aliphatic carbocycles. The summed E-state index contributed by atoms with van der Waals surface area (Å²) in [6, 6.07) is 12.6. The Hall–Kier alpha value is -1.58.